The summed E-state index contributed by atoms with van der Waals surface area (Å²) < 4.78 is 17.6. The van der Waals surface area contributed by atoms with Crippen LogP contribution in [0, 0.1) is 3.57 Å². The second kappa shape index (κ2) is 26.6. The van der Waals surface area contributed by atoms with E-state index < -0.39 is 0 Å². The number of pyridine rings is 10. The van der Waals surface area contributed by atoms with Crippen molar-refractivity contribution in [3.63, 3.8) is 0 Å². The highest BCUT2D eigenvalue weighted by Gasteiger charge is 2.17. The summed E-state index contributed by atoms with van der Waals surface area (Å²) in [7, 11) is 0. The Kier molecular flexibility index (Phi) is 16.9. The van der Waals surface area contributed by atoms with Crippen molar-refractivity contribution < 1.29 is 9.84 Å². The van der Waals surface area contributed by atoms with E-state index >= 15 is 0 Å². The summed E-state index contributed by atoms with van der Waals surface area (Å²) in [5.74, 6) is 3.24. The molecular weight excluding hydrogens is 1450 g/mol. The molecule has 2 N–H and O–H groups in total. The number of ether oxygens (including phenoxy) is 1. The van der Waals surface area contributed by atoms with Gasteiger partial charge in [0.05, 0.1) is 77.1 Å². The molecule has 15 aromatic heterocycles. The lowest BCUT2D eigenvalue weighted by Gasteiger charge is -2.11. The zero-order chi connectivity index (χ0) is 64.4. The maximum absolute atomic E-state index is 9.79. The van der Waals surface area contributed by atoms with Crippen LogP contribution >= 0.6 is 66.1 Å². The SMILES string of the molecule is Brc1ccc2c3ncccc3n3cccc3c2n1.Brc1cccc(-c2ccc[nH]2)n1.Clc1cnccc1I.Oc1ccc2c3ccccc3n(-c3ccccn3)c2c1.c1ccc(-n2c3ccccc3c3ccc(Oc4ccc5c6cnccc6n6cccc6c5n4)cc32)nc1. The molecule has 95 heavy (non-hydrogen) atoms. The van der Waals surface area contributed by atoms with Gasteiger partial charge in [0.1, 0.15) is 32.3 Å². The lowest BCUT2D eigenvalue weighted by atomic mass is 10.1. The zero-order valence-electron chi connectivity index (χ0n) is 49.9. The standard InChI is InChI=1S/C31H19N5O.C17H12N2O.C14H8BrN3.C9H7BrN2.C5H3ClIN/c1-2-7-26-21(6-1)22-11-10-20(18-28(22)36(26)29-9-3-4-15-33-29)37-30-13-12-23-24-19-32-16-14-25(24)35-17-5-8-27(35)31(23)34-30;20-12-8-9-14-13-5-1-2-6-15(13)19(16(14)11-12)17-7-3-4-10-18-17;15-12-6-5-9-13-10(3-1-7-16-13)18-8-2-4-11(18)14(9)17-12;10-9-5-1-3-8(12-9)7-4-2-6-11-7;6-4-3-8-2-1-5(4)7/h1-19H;1-11,20H;1-8H;1-6,11H;1-3H. The molecule has 0 radical (unpaired) electrons. The van der Waals surface area contributed by atoms with Crippen LogP contribution in [0.15, 0.2) is 296 Å². The fourth-order valence-corrected chi connectivity index (χ4v) is 12.9. The third kappa shape index (κ3) is 12.0. The van der Waals surface area contributed by atoms with E-state index in [1.807, 2.05) is 171 Å². The number of halogens is 4. The molecule has 0 atom stereocenters. The fourth-order valence-electron chi connectivity index (χ4n) is 11.9. The lowest BCUT2D eigenvalue weighted by Crippen LogP contribution is -1.97. The second-order valence-electron chi connectivity index (χ2n) is 21.6. The molecule has 19 heteroatoms. The molecule has 15 heterocycles. The van der Waals surface area contributed by atoms with E-state index in [0.29, 0.717) is 16.7 Å². The first-order chi connectivity index (χ1) is 46.7. The maximum Gasteiger partial charge on any atom is 0.219 e. The number of rotatable bonds is 5. The number of benzene rings is 4. The van der Waals surface area contributed by atoms with Gasteiger partial charge in [-0.25, -0.2) is 24.9 Å². The summed E-state index contributed by atoms with van der Waals surface area (Å²) in [5.41, 5.74) is 13.4. The summed E-state index contributed by atoms with van der Waals surface area (Å²) in [6.45, 7) is 0. The summed E-state index contributed by atoms with van der Waals surface area (Å²) in [4.78, 5) is 38.6. The molecule has 0 unspecified atom stereocenters. The number of aromatic nitrogens is 13. The molecule has 0 amide bonds. The van der Waals surface area contributed by atoms with Crippen LogP contribution in [0.2, 0.25) is 5.02 Å². The quantitative estimate of drug-likeness (QED) is 0.0962. The van der Waals surface area contributed by atoms with Gasteiger partial charge in [-0.15, -0.1) is 0 Å². The van der Waals surface area contributed by atoms with E-state index in [0.717, 1.165) is 129 Å². The van der Waals surface area contributed by atoms with Gasteiger partial charge >= 0.3 is 0 Å². The average Bonchev–Trinajstić information content (AvgIpc) is 1.75. The van der Waals surface area contributed by atoms with E-state index in [9.17, 15) is 5.11 Å². The van der Waals surface area contributed by atoms with Crippen molar-refractivity contribution in [2.75, 3.05) is 0 Å². The Morgan fingerprint density at radius 1 is 0.421 bits per heavy atom. The lowest BCUT2D eigenvalue weighted by molar-refractivity contribution is 0.466. The number of nitrogens with zero attached hydrogens (tertiary/aromatic N) is 12. The number of aromatic hydroxyl groups is 1. The molecule has 0 saturated carbocycles. The summed E-state index contributed by atoms with van der Waals surface area (Å²) in [6, 6.07) is 74.0. The number of para-hydroxylation sites is 2. The van der Waals surface area contributed by atoms with Gasteiger partial charge < -0.3 is 23.6 Å². The molecule has 15 nitrogen and oxygen atoms in total. The van der Waals surface area contributed by atoms with Gasteiger partial charge in [0.2, 0.25) is 5.88 Å². The van der Waals surface area contributed by atoms with Crippen molar-refractivity contribution in [2.24, 2.45) is 0 Å². The van der Waals surface area contributed by atoms with Crippen molar-refractivity contribution in [3.8, 4) is 40.4 Å². The molecule has 0 aliphatic carbocycles. The monoisotopic (exact) mass is 1500 g/mol. The first-order valence-electron chi connectivity index (χ1n) is 29.9. The normalized spacial score (nSPS) is 11.2. The minimum atomic E-state index is 0.262. The fraction of sp³-hybridized carbons (Fsp3) is 0. The molecule has 0 aliphatic heterocycles. The third-order valence-electron chi connectivity index (χ3n) is 16.0. The van der Waals surface area contributed by atoms with Crippen LogP contribution in [0.3, 0.4) is 0 Å². The van der Waals surface area contributed by atoms with Crippen molar-refractivity contribution in [1.29, 1.82) is 0 Å². The molecule has 19 aromatic rings. The summed E-state index contributed by atoms with van der Waals surface area (Å²) in [5, 5.41) is 18.3. The Balaban J connectivity index is 0.000000108. The summed E-state index contributed by atoms with van der Waals surface area (Å²) >= 11 is 14.5. The van der Waals surface area contributed by atoms with E-state index in [2.05, 4.69) is 197 Å². The van der Waals surface area contributed by atoms with E-state index in [1.54, 1.807) is 30.7 Å². The number of nitrogens with one attached hydrogen (secondary N) is 1. The number of aromatic amines is 1. The minimum Gasteiger partial charge on any atom is -0.508 e. The highest BCUT2D eigenvalue weighted by Crippen LogP contribution is 2.38. The molecule has 19 rings (SSSR count). The number of hydrogen-bond acceptors (Lipinski definition) is 10. The average molecular weight is 1500 g/mol. The number of H-pyrrole nitrogens is 1. The largest absolute Gasteiger partial charge is 0.508 e. The van der Waals surface area contributed by atoms with Gasteiger partial charge in [0.25, 0.3) is 0 Å². The summed E-state index contributed by atoms with van der Waals surface area (Å²) in [6.07, 6.45) is 18.4. The number of fused-ring (bicyclic) bond motifs is 18. The van der Waals surface area contributed by atoms with Crippen molar-refractivity contribution in [3.05, 3.63) is 304 Å². The number of phenols is 1. The van der Waals surface area contributed by atoms with Crippen LogP contribution in [-0.2, 0) is 0 Å². The molecule has 0 fully saturated rings. The predicted molar refractivity (Wildman–Crippen MR) is 396 cm³/mol. The first kappa shape index (κ1) is 60.3. The van der Waals surface area contributed by atoms with Crippen LogP contribution in [0.5, 0.6) is 17.4 Å². The Morgan fingerprint density at radius 3 is 1.68 bits per heavy atom. The van der Waals surface area contributed by atoms with Gasteiger partial charge in [0.15, 0.2) is 0 Å². The van der Waals surface area contributed by atoms with Gasteiger partial charge in [-0.05, 0) is 206 Å². The van der Waals surface area contributed by atoms with Crippen LogP contribution < -0.4 is 4.74 Å². The van der Waals surface area contributed by atoms with Crippen LogP contribution in [0.4, 0.5) is 0 Å². The topological polar surface area (TPSA) is 167 Å². The zero-order valence-corrected chi connectivity index (χ0v) is 56.0. The molecule has 0 aliphatic rings. The smallest absolute Gasteiger partial charge is 0.219 e. The Labute approximate surface area is 577 Å². The molecule has 458 valence electrons. The van der Waals surface area contributed by atoms with Crippen molar-refractivity contribution in [1.82, 2.24) is 62.8 Å². The Bertz CT molecular complexity index is 5990. The molecular formula is C76H49Br2ClIN13O2. The van der Waals surface area contributed by atoms with Crippen molar-refractivity contribution >= 4 is 164 Å². The Hall–Kier alpha value is -10.9. The van der Waals surface area contributed by atoms with Gasteiger partial charge in [-0.1, -0.05) is 66.2 Å². The first-order valence-corrected chi connectivity index (χ1v) is 33.0. The second-order valence-corrected chi connectivity index (χ2v) is 24.8. The minimum absolute atomic E-state index is 0.262. The highest BCUT2D eigenvalue weighted by molar-refractivity contribution is 14.1. The van der Waals surface area contributed by atoms with Gasteiger partial charge in [0, 0.05) is 121 Å². The number of hydrogen-bond donors (Lipinski definition) is 2. The van der Waals surface area contributed by atoms with E-state index in [-0.39, 0.29) is 5.75 Å². The van der Waals surface area contributed by atoms with E-state index in [1.165, 1.54) is 5.39 Å². The predicted octanol–water partition coefficient (Wildman–Crippen LogP) is 20.2. The molecule has 0 bridgehead atoms. The molecule has 0 spiro atoms. The van der Waals surface area contributed by atoms with Crippen LogP contribution in [0.25, 0.3) is 121 Å². The highest BCUT2D eigenvalue weighted by atomic mass is 127. The Morgan fingerprint density at radius 2 is 1.01 bits per heavy atom. The maximum atomic E-state index is 9.79. The third-order valence-corrected chi connectivity index (χ3v) is 18.4. The van der Waals surface area contributed by atoms with Gasteiger partial charge in [-0.2, -0.15) is 0 Å². The number of phenolic OH excluding ortho intramolecular Hbond substituents is 1. The molecule has 4 aromatic carbocycles. The van der Waals surface area contributed by atoms with Crippen LogP contribution in [0.1, 0.15) is 0 Å². The van der Waals surface area contributed by atoms with Crippen LogP contribution in [-0.4, -0.2) is 67.9 Å². The molecule has 0 saturated heterocycles. The van der Waals surface area contributed by atoms with E-state index in [4.69, 9.17) is 21.3 Å². The van der Waals surface area contributed by atoms with Crippen molar-refractivity contribution in [2.45, 2.75) is 0 Å². The van der Waals surface area contributed by atoms with Gasteiger partial charge in [-0.3, -0.25) is 24.1 Å².